The minimum absolute atomic E-state index is 0.0590. The molecule has 1 aromatic heterocycles. The lowest BCUT2D eigenvalue weighted by molar-refractivity contribution is 0.282. The lowest BCUT2D eigenvalue weighted by atomic mass is 10.2. The maximum absolute atomic E-state index is 11.1. The van der Waals surface area contributed by atoms with Gasteiger partial charge in [-0.15, -0.1) is 11.3 Å². The number of nitrogens with two attached hydrogens (primary N) is 1. The molecule has 2 aromatic rings. The quantitative estimate of drug-likeness (QED) is 0.827. The molecule has 6 heteroatoms. The van der Waals surface area contributed by atoms with Crippen LogP contribution in [0.2, 0.25) is 0 Å². The molecule has 0 aliphatic heterocycles. The Morgan fingerprint density at radius 3 is 2.67 bits per heavy atom. The summed E-state index contributed by atoms with van der Waals surface area (Å²) in [6, 6.07) is 6.81. The second-order valence-electron chi connectivity index (χ2n) is 3.14. The van der Waals surface area contributed by atoms with Gasteiger partial charge in [-0.1, -0.05) is 6.07 Å². The predicted molar refractivity (Wildman–Crippen MR) is 59.1 cm³/mol. The van der Waals surface area contributed by atoms with Crippen molar-refractivity contribution in [3.8, 4) is 0 Å². The van der Waals surface area contributed by atoms with Gasteiger partial charge < -0.3 is 5.11 Å². The summed E-state index contributed by atoms with van der Waals surface area (Å²) >= 11 is 1.13. The fourth-order valence-electron chi connectivity index (χ4n) is 1.31. The Balaban J connectivity index is 2.66. The zero-order valence-electron chi connectivity index (χ0n) is 7.67. The zero-order valence-corrected chi connectivity index (χ0v) is 9.31. The van der Waals surface area contributed by atoms with Crippen LogP contribution in [0, 0.1) is 0 Å². The highest BCUT2D eigenvalue weighted by Gasteiger charge is 2.12. The van der Waals surface area contributed by atoms with Gasteiger partial charge in [0.2, 0.25) is 10.0 Å². The van der Waals surface area contributed by atoms with E-state index in [1.165, 1.54) is 6.07 Å². The maximum atomic E-state index is 11.1. The van der Waals surface area contributed by atoms with E-state index in [4.69, 9.17) is 10.2 Å². The van der Waals surface area contributed by atoms with Crippen molar-refractivity contribution in [1.29, 1.82) is 0 Å². The van der Waals surface area contributed by atoms with Crippen molar-refractivity contribution < 1.29 is 13.5 Å². The molecule has 0 amide bonds. The predicted octanol–water partition coefficient (Wildman–Crippen LogP) is 1.04. The molecule has 0 unspecified atom stereocenters. The number of hydrogen-bond acceptors (Lipinski definition) is 4. The summed E-state index contributed by atoms with van der Waals surface area (Å²) in [4.78, 5) is 0. The minimum atomic E-state index is -3.63. The summed E-state index contributed by atoms with van der Waals surface area (Å²) in [6.07, 6.45) is 0. The Labute approximate surface area is 91.0 Å². The standard InChI is InChI=1S/C9H9NO3S2/c10-15(12,13)9-4-7-3-6(5-11)1-2-8(7)14-9/h1-4,11H,5H2,(H2,10,12,13). The van der Waals surface area contributed by atoms with E-state index in [0.717, 1.165) is 27.0 Å². The van der Waals surface area contributed by atoms with Crippen molar-refractivity contribution in [3.63, 3.8) is 0 Å². The third-order valence-corrected chi connectivity index (χ3v) is 4.56. The SMILES string of the molecule is NS(=O)(=O)c1cc2cc(CO)ccc2s1. The lowest BCUT2D eigenvalue weighted by Crippen LogP contribution is -2.09. The van der Waals surface area contributed by atoms with E-state index in [0.29, 0.717) is 0 Å². The largest absolute Gasteiger partial charge is 0.392 e. The Hall–Kier alpha value is -0.950. The summed E-state index contributed by atoms with van der Waals surface area (Å²) in [5.41, 5.74) is 0.751. The van der Waals surface area contributed by atoms with Crippen molar-refractivity contribution in [2.24, 2.45) is 5.14 Å². The van der Waals surface area contributed by atoms with E-state index in [1.54, 1.807) is 18.2 Å². The number of sulfonamides is 1. The summed E-state index contributed by atoms with van der Waals surface area (Å²) in [5.74, 6) is 0. The third-order valence-electron chi connectivity index (χ3n) is 2.02. The molecule has 80 valence electrons. The number of aliphatic hydroxyl groups excluding tert-OH is 1. The molecule has 15 heavy (non-hydrogen) atoms. The van der Waals surface area contributed by atoms with Gasteiger partial charge in [-0.25, -0.2) is 13.6 Å². The molecule has 4 nitrogen and oxygen atoms in total. The first-order valence-corrected chi connectivity index (χ1v) is 6.53. The average molecular weight is 243 g/mol. The highest BCUT2D eigenvalue weighted by atomic mass is 32.2. The first-order valence-electron chi connectivity index (χ1n) is 4.17. The van der Waals surface area contributed by atoms with Crippen molar-refractivity contribution in [3.05, 3.63) is 29.8 Å². The summed E-state index contributed by atoms with van der Waals surface area (Å²) in [6.45, 7) is -0.0590. The minimum Gasteiger partial charge on any atom is -0.392 e. The van der Waals surface area contributed by atoms with E-state index in [1.807, 2.05) is 0 Å². The number of hydrogen-bond donors (Lipinski definition) is 2. The van der Waals surface area contributed by atoms with Crippen molar-refractivity contribution in [2.45, 2.75) is 10.8 Å². The molecule has 1 heterocycles. The molecule has 2 rings (SSSR count). The summed E-state index contributed by atoms with van der Waals surface area (Å²) < 4.78 is 23.2. The van der Waals surface area contributed by atoms with Gasteiger partial charge in [0.25, 0.3) is 0 Å². The van der Waals surface area contributed by atoms with Crippen molar-refractivity contribution in [1.82, 2.24) is 0 Å². The molecular weight excluding hydrogens is 234 g/mol. The first kappa shape index (κ1) is 10.6. The molecular formula is C9H9NO3S2. The van der Waals surface area contributed by atoms with Gasteiger partial charge in [-0.2, -0.15) is 0 Å². The number of aliphatic hydroxyl groups is 1. The summed E-state index contributed by atoms with van der Waals surface area (Å²) in [7, 11) is -3.63. The van der Waals surface area contributed by atoms with Crippen LogP contribution in [0.1, 0.15) is 5.56 Å². The Bertz CT molecular complexity index is 601. The molecule has 3 N–H and O–H groups in total. The van der Waals surface area contributed by atoms with Crippen LogP contribution < -0.4 is 5.14 Å². The van der Waals surface area contributed by atoms with Gasteiger partial charge in [0.15, 0.2) is 0 Å². The Kier molecular flexibility index (Phi) is 2.51. The molecule has 0 spiro atoms. The monoisotopic (exact) mass is 243 g/mol. The maximum Gasteiger partial charge on any atom is 0.247 e. The van der Waals surface area contributed by atoms with Gasteiger partial charge >= 0.3 is 0 Å². The highest BCUT2D eigenvalue weighted by molar-refractivity contribution is 7.91. The van der Waals surface area contributed by atoms with E-state index in [-0.39, 0.29) is 10.8 Å². The van der Waals surface area contributed by atoms with Gasteiger partial charge in [-0.3, -0.25) is 0 Å². The van der Waals surface area contributed by atoms with Crippen LogP contribution in [0.5, 0.6) is 0 Å². The lowest BCUT2D eigenvalue weighted by Gasteiger charge is -1.93. The van der Waals surface area contributed by atoms with Crippen LogP contribution >= 0.6 is 11.3 Å². The van der Waals surface area contributed by atoms with Crippen LogP contribution in [0.3, 0.4) is 0 Å². The Morgan fingerprint density at radius 2 is 2.07 bits per heavy atom. The molecule has 0 saturated carbocycles. The number of fused-ring (bicyclic) bond motifs is 1. The molecule has 0 fully saturated rings. The molecule has 1 aromatic carbocycles. The second-order valence-corrected chi connectivity index (χ2v) is 6.01. The number of rotatable bonds is 2. The molecule has 0 atom stereocenters. The first-order chi connectivity index (χ1) is 7.00. The average Bonchev–Trinajstić information content (AvgIpc) is 2.59. The highest BCUT2D eigenvalue weighted by Crippen LogP contribution is 2.28. The van der Waals surface area contributed by atoms with Crippen LogP contribution in [-0.2, 0) is 16.6 Å². The number of thiophene rings is 1. The van der Waals surface area contributed by atoms with Crippen molar-refractivity contribution >= 4 is 31.4 Å². The van der Waals surface area contributed by atoms with Gasteiger partial charge in [-0.05, 0) is 29.1 Å². The molecule has 0 aliphatic carbocycles. The topological polar surface area (TPSA) is 80.4 Å². The summed E-state index contributed by atoms with van der Waals surface area (Å²) in [5, 5.41) is 14.7. The number of benzene rings is 1. The van der Waals surface area contributed by atoms with E-state index >= 15 is 0 Å². The van der Waals surface area contributed by atoms with E-state index in [2.05, 4.69) is 0 Å². The van der Waals surface area contributed by atoms with Crippen LogP contribution in [0.4, 0.5) is 0 Å². The van der Waals surface area contributed by atoms with E-state index in [9.17, 15) is 8.42 Å². The second kappa shape index (κ2) is 3.57. The number of primary sulfonamides is 1. The molecule has 0 radical (unpaired) electrons. The molecule has 0 saturated heterocycles. The van der Waals surface area contributed by atoms with E-state index < -0.39 is 10.0 Å². The fraction of sp³-hybridized carbons (Fsp3) is 0.111. The Morgan fingerprint density at radius 1 is 1.33 bits per heavy atom. The zero-order chi connectivity index (χ0) is 11.1. The van der Waals surface area contributed by atoms with Crippen LogP contribution in [0.15, 0.2) is 28.5 Å². The fourth-order valence-corrected chi connectivity index (χ4v) is 3.11. The van der Waals surface area contributed by atoms with Crippen LogP contribution in [0.25, 0.3) is 10.1 Å². The molecule has 0 bridgehead atoms. The normalized spacial score (nSPS) is 12.1. The van der Waals surface area contributed by atoms with Gasteiger partial charge in [0.05, 0.1) is 6.61 Å². The van der Waals surface area contributed by atoms with Gasteiger partial charge in [0.1, 0.15) is 4.21 Å². The smallest absolute Gasteiger partial charge is 0.247 e. The molecule has 0 aliphatic rings. The van der Waals surface area contributed by atoms with Crippen molar-refractivity contribution in [2.75, 3.05) is 0 Å². The van der Waals surface area contributed by atoms with Crippen LogP contribution in [-0.4, -0.2) is 13.5 Å². The third kappa shape index (κ3) is 2.03. The van der Waals surface area contributed by atoms with Gasteiger partial charge in [0, 0.05) is 4.70 Å².